The van der Waals surface area contributed by atoms with Crippen molar-refractivity contribution in [2.45, 2.75) is 62.8 Å². The lowest BCUT2D eigenvalue weighted by Crippen LogP contribution is -2.56. The molecule has 5 rings (SSSR count). The van der Waals surface area contributed by atoms with E-state index in [0.717, 1.165) is 18.9 Å². The van der Waals surface area contributed by atoms with Crippen molar-refractivity contribution in [1.82, 2.24) is 19.4 Å². The summed E-state index contributed by atoms with van der Waals surface area (Å²) < 4.78 is 41.8. The van der Waals surface area contributed by atoms with Crippen molar-refractivity contribution in [2.24, 2.45) is 0 Å². The number of amides is 2. The van der Waals surface area contributed by atoms with Crippen LogP contribution in [0.15, 0.2) is 12.1 Å². The fraction of sp³-hybridized carbons (Fsp3) is 0.591. The first kappa shape index (κ1) is 22.5. The van der Waals surface area contributed by atoms with Gasteiger partial charge < -0.3 is 14.9 Å². The summed E-state index contributed by atoms with van der Waals surface area (Å²) in [5.41, 5.74) is -0.667. The van der Waals surface area contributed by atoms with Gasteiger partial charge in [0.1, 0.15) is 12.2 Å². The summed E-state index contributed by atoms with van der Waals surface area (Å²) in [5.74, 6) is -0.812. The molecule has 2 aliphatic carbocycles. The highest BCUT2D eigenvalue weighted by molar-refractivity contribution is 6.36. The molecule has 7 nitrogen and oxygen atoms in total. The van der Waals surface area contributed by atoms with E-state index in [2.05, 4.69) is 5.10 Å². The highest BCUT2D eigenvalue weighted by Gasteiger charge is 2.39. The molecule has 178 valence electrons. The summed E-state index contributed by atoms with van der Waals surface area (Å²) in [4.78, 5) is 28.9. The molecule has 2 aromatic rings. The van der Waals surface area contributed by atoms with Crippen LogP contribution in [0.2, 0.25) is 5.02 Å². The molecule has 3 fully saturated rings. The molecule has 2 aromatic heterocycles. The molecule has 0 bridgehead atoms. The Labute approximate surface area is 193 Å². The molecule has 1 N–H and O–H groups in total. The van der Waals surface area contributed by atoms with E-state index < -0.39 is 17.8 Å². The molecule has 0 spiro atoms. The summed E-state index contributed by atoms with van der Waals surface area (Å²) in [5, 5.41) is 13.5. The quantitative estimate of drug-likeness (QED) is 0.723. The van der Waals surface area contributed by atoms with Crippen LogP contribution in [0.25, 0.3) is 5.52 Å². The predicted molar refractivity (Wildman–Crippen MR) is 113 cm³/mol. The third kappa shape index (κ3) is 4.19. The van der Waals surface area contributed by atoms with E-state index in [1.54, 1.807) is 11.0 Å². The Bertz CT molecular complexity index is 1110. The summed E-state index contributed by atoms with van der Waals surface area (Å²) >= 11 is 6.37. The Kier molecular flexibility index (Phi) is 5.55. The average Bonchev–Trinajstić information content (AvgIpc) is 3.57. The lowest BCUT2D eigenvalue weighted by Gasteiger charge is -2.41. The van der Waals surface area contributed by atoms with Crippen molar-refractivity contribution in [3.8, 4) is 0 Å². The first-order chi connectivity index (χ1) is 15.6. The van der Waals surface area contributed by atoms with Crippen molar-refractivity contribution in [1.29, 1.82) is 0 Å². The van der Waals surface area contributed by atoms with Gasteiger partial charge in [-0.3, -0.25) is 9.59 Å². The second-order valence-corrected chi connectivity index (χ2v) is 9.56. The fourth-order valence-electron chi connectivity index (χ4n) is 4.90. The van der Waals surface area contributed by atoms with E-state index in [9.17, 15) is 27.9 Å². The normalized spacial score (nSPS) is 24.6. The van der Waals surface area contributed by atoms with Crippen LogP contribution >= 0.6 is 11.6 Å². The maximum absolute atomic E-state index is 13.7. The van der Waals surface area contributed by atoms with Gasteiger partial charge in [-0.25, -0.2) is 4.52 Å². The van der Waals surface area contributed by atoms with Gasteiger partial charge in [-0.05, 0) is 62.1 Å². The molecule has 0 unspecified atom stereocenters. The Morgan fingerprint density at radius 2 is 1.79 bits per heavy atom. The minimum absolute atomic E-state index is 0.0344. The number of pyridine rings is 1. The van der Waals surface area contributed by atoms with Crippen molar-refractivity contribution >= 4 is 28.9 Å². The van der Waals surface area contributed by atoms with Crippen LogP contribution in [0.1, 0.15) is 66.2 Å². The molecule has 33 heavy (non-hydrogen) atoms. The molecular weight excluding hydrogens is 461 g/mol. The number of fused-ring (bicyclic) bond motifs is 1. The zero-order valence-corrected chi connectivity index (χ0v) is 18.6. The first-order valence-electron chi connectivity index (χ1n) is 11.2. The number of carbonyl (C=O) groups is 2. The molecule has 1 saturated heterocycles. The topological polar surface area (TPSA) is 78.2 Å². The minimum Gasteiger partial charge on any atom is -0.393 e. The van der Waals surface area contributed by atoms with Crippen LogP contribution in [0.4, 0.5) is 13.2 Å². The third-order valence-electron chi connectivity index (χ3n) is 6.89. The lowest BCUT2D eigenvalue weighted by molar-refractivity contribution is -0.142. The monoisotopic (exact) mass is 484 g/mol. The van der Waals surface area contributed by atoms with Crippen LogP contribution in [0.5, 0.6) is 0 Å². The number of rotatable bonds is 3. The predicted octanol–water partition coefficient (Wildman–Crippen LogP) is 3.47. The summed E-state index contributed by atoms with van der Waals surface area (Å²) in [7, 11) is 0. The molecule has 3 heterocycles. The SMILES string of the molecule is O=C(c1nn2c(C(F)(F)F)cc(C3CC3)cc2c1Cl)N1CCN([C@H]2CC[C@@H](O)CC2)C(=O)C1. The second kappa shape index (κ2) is 8.16. The Morgan fingerprint density at radius 1 is 1.09 bits per heavy atom. The van der Waals surface area contributed by atoms with Crippen molar-refractivity contribution in [2.75, 3.05) is 19.6 Å². The standard InChI is InChI=1S/C22H24ClF3N4O3/c23-19-16-9-13(12-1-2-12)10-17(22(24,25)26)30(16)27-20(19)21(33)28-7-8-29(18(32)11-28)14-3-5-15(31)6-4-14/h9-10,12,14-15,31H,1-8,11H2/t14-,15+. The second-order valence-electron chi connectivity index (χ2n) is 9.18. The number of alkyl halides is 3. The van der Waals surface area contributed by atoms with Gasteiger partial charge in [-0.2, -0.15) is 18.3 Å². The largest absolute Gasteiger partial charge is 0.433 e. The highest BCUT2D eigenvalue weighted by Crippen LogP contribution is 2.43. The molecule has 0 radical (unpaired) electrons. The Morgan fingerprint density at radius 3 is 2.39 bits per heavy atom. The first-order valence-corrected chi connectivity index (χ1v) is 11.6. The van der Waals surface area contributed by atoms with E-state index >= 15 is 0 Å². The van der Waals surface area contributed by atoms with Crippen LogP contribution in [0, 0.1) is 0 Å². The van der Waals surface area contributed by atoms with Crippen LogP contribution < -0.4 is 0 Å². The number of piperazine rings is 1. The zero-order valence-electron chi connectivity index (χ0n) is 17.8. The zero-order chi connectivity index (χ0) is 23.5. The summed E-state index contributed by atoms with van der Waals surface area (Å²) in [6.07, 6.45) is -0.663. The number of aromatic nitrogens is 2. The van der Waals surface area contributed by atoms with Gasteiger partial charge >= 0.3 is 6.18 Å². The van der Waals surface area contributed by atoms with E-state index in [4.69, 9.17) is 11.6 Å². The van der Waals surface area contributed by atoms with E-state index in [0.29, 0.717) is 42.3 Å². The molecular formula is C22H24ClF3N4O3. The van der Waals surface area contributed by atoms with Gasteiger partial charge in [-0.1, -0.05) is 11.6 Å². The summed E-state index contributed by atoms with van der Waals surface area (Å²) in [6, 6.07) is 2.68. The number of hydrogen-bond donors (Lipinski definition) is 1. The Balaban J connectivity index is 1.40. The minimum atomic E-state index is -4.66. The van der Waals surface area contributed by atoms with Crippen molar-refractivity contribution < 1.29 is 27.9 Å². The van der Waals surface area contributed by atoms with Gasteiger partial charge in [0.2, 0.25) is 5.91 Å². The van der Waals surface area contributed by atoms with Gasteiger partial charge in [0.05, 0.1) is 16.6 Å². The summed E-state index contributed by atoms with van der Waals surface area (Å²) in [6.45, 7) is 0.394. The number of hydrogen-bond acceptors (Lipinski definition) is 4. The maximum Gasteiger partial charge on any atom is 0.433 e. The molecule has 0 atom stereocenters. The highest BCUT2D eigenvalue weighted by atomic mass is 35.5. The van der Waals surface area contributed by atoms with E-state index in [1.165, 1.54) is 4.90 Å². The number of carbonyl (C=O) groups excluding carboxylic acids is 2. The molecule has 2 amide bonds. The molecule has 3 aliphatic rings. The van der Waals surface area contributed by atoms with E-state index in [-0.39, 0.29) is 53.3 Å². The molecule has 1 aliphatic heterocycles. The molecule has 0 aromatic carbocycles. The lowest BCUT2D eigenvalue weighted by atomic mass is 9.91. The number of halogens is 4. The fourth-order valence-corrected chi connectivity index (χ4v) is 5.15. The number of aliphatic hydroxyl groups excluding tert-OH is 1. The van der Waals surface area contributed by atoms with Crippen LogP contribution in [0.3, 0.4) is 0 Å². The van der Waals surface area contributed by atoms with Crippen molar-refractivity contribution in [3.63, 3.8) is 0 Å². The maximum atomic E-state index is 13.7. The number of nitrogens with zero attached hydrogens (tertiary/aromatic N) is 4. The molecule has 11 heteroatoms. The van der Waals surface area contributed by atoms with Gasteiger partial charge in [-0.15, -0.1) is 0 Å². The molecule has 2 saturated carbocycles. The smallest absolute Gasteiger partial charge is 0.393 e. The third-order valence-corrected chi connectivity index (χ3v) is 7.26. The number of aliphatic hydroxyl groups is 1. The van der Waals surface area contributed by atoms with Gasteiger partial charge in [0.25, 0.3) is 5.91 Å². The van der Waals surface area contributed by atoms with Crippen LogP contribution in [-0.4, -0.2) is 68.1 Å². The Hall–Kier alpha value is -2.33. The van der Waals surface area contributed by atoms with Crippen molar-refractivity contribution in [3.05, 3.63) is 34.1 Å². The average molecular weight is 485 g/mol. The van der Waals surface area contributed by atoms with E-state index in [1.807, 2.05) is 0 Å². The van der Waals surface area contributed by atoms with Crippen LogP contribution in [-0.2, 0) is 11.0 Å². The van der Waals surface area contributed by atoms with Gasteiger partial charge in [0, 0.05) is 19.1 Å². The van der Waals surface area contributed by atoms with Gasteiger partial charge in [0.15, 0.2) is 5.69 Å².